The summed E-state index contributed by atoms with van der Waals surface area (Å²) in [6.07, 6.45) is 2.50. The van der Waals surface area contributed by atoms with Gasteiger partial charge in [-0.25, -0.2) is 4.79 Å². The van der Waals surface area contributed by atoms with Crippen molar-refractivity contribution in [1.82, 2.24) is 4.90 Å². The number of rotatable bonds is 4. The molecule has 2 saturated heterocycles. The SMILES string of the molecule is CCOc1cc(N2CCC23CCN(C(=O)OC(C)(C)C)CC3)ccc1[N+](=O)[O-]. The highest BCUT2D eigenvalue weighted by molar-refractivity contribution is 5.68. The Balaban J connectivity index is 1.71. The molecular weight excluding hydrogens is 362 g/mol. The monoisotopic (exact) mass is 391 g/mol. The van der Waals surface area contributed by atoms with Crippen LogP contribution in [0, 0.1) is 10.1 Å². The van der Waals surface area contributed by atoms with Gasteiger partial charge in [-0.05, 0) is 53.0 Å². The quantitative estimate of drug-likeness (QED) is 0.570. The fourth-order valence-corrected chi connectivity index (χ4v) is 3.99. The van der Waals surface area contributed by atoms with Gasteiger partial charge in [-0.15, -0.1) is 0 Å². The highest BCUT2D eigenvalue weighted by Gasteiger charge is 2.47. The maximum Gasteiger partial charge on any atom is 0.410 e. The van der Waals surface area contributed by atoms with Gasteiger partial charge < -0.3 is 19.3 Å². The van der Waals surface area contributed by atoms with Gasteiger partial charge in [0, 0.05) is 43.0 Å². The predicted octanol–water partition coefficient (Wildman–Crippen LogP) is 3.97. The van der Waals surface area contributed by atoms with Crippen LogP contribution >= 0.6 is 0 Å². The molecule has 0 bridgehead atoms. The van der Waals surface area contributed by atoms with Crippen LogP contribution in [0.5, 0.6) is 5.75 Å². The fraction of sp³-hybridized carbons (Fsp3) is 0.650. The van der Waals surface area contributed by atoms with Crippen LogP contribution in [-0.2, 0) is 4.74 Å². The lowest BCUT2D eigenvalue weighted by Crippen LogP contribution is -2.65. The number of piperidine rings is 1. The predicted molar refractivity (Wildman–Crippen MR) is 106 cm³/mol. The number of carbonyl (C=O) groups excluding carboxylic acids is 1. The molecule has 0 saturated carbocycles. The molecular formula is C20H29N3O5. The number of nitro benzene ring substituents is 1. The maximum atomic E-state index is 12.3. The zero-order valence-corrected chi connectivity index (χ0v) is 17.1. The first-order valence-corrected chi connectivity index (χ1v) is 9.82. The van der Waals surface area contributed by atoms with Gasteiger partial charge in [-0.2, -0.15) is 0 Å². The molecule has 0 atom stereocenters. The Bertz CT molecular complexity index is 751. The number of ether oxygens (including phenoxy) is 2. The minimum atomic E-state index is -0.497. The Morgan fingerprint density at radius 2 is 1.86 bits per heavy atom. The van der Waals surface area contributed by atoms with Crippen LogP contribution in [0.15, 0.2) is 18.2 Å². The van der Waals surface area contributed by atoms with Gasteiger partial charge >= 0.3 is 11.8 Å². The number of hydrogen-bond acceptors (Lipinski definition) is 6. The summed E-state index contributed by atoms with van der Waals surface area (Å²) in [5.74, 6) is 0.304. The van der Waals surface area contributed by atoms with Crippen molar-refractivity contribution < 1.29 is 19.2 Å². The Hall–Kier alpha value is -2.51. The van der Waals surface area contributed by atoms with E-state index < -0.39 is 10.5 Å². The number of nitro groups is 1. The molecule has 3 rings (SSSR count). The average molecular weight is 391 g/mol. The van der Waals surface area contributed by atoms with E-state index in [0.29, 0.717) is 25.4 Å². The van der Waals surface area contributed by atoms with Crippen LogP contribution < -0.4 is 9.64 Å². The van der Waals surface area contributed by atoms with Crippen molar-refractivity contribution in [3.63, 3.8) is 0 Å². The molecule has 2 aliphatic rings. The van der Waals surface area contributed by atoms with Gasteiger partial charge in [0.2, 0.25) is 0 Å². The summed E-state index contributed by atoms with van der Waals surface area (Å²) in [6, 6.07) is 5.08. The topological polar surface area (TPSA) is 85.2 Å². The third kappa shape index (κ3) is 4.00. The number of carbonyl (C=O) groups is 1. The van der Waals surface area contributed by atoms with E-state index in [4.69, 9.17) is 9.47 Å². The first kappa shape index (κ1) is 20.2. The van der Waals surface area contributed by atoms with Crippen molar-refractivity contribution in [2.24, 2.45) is 0 Å². The molecule has 154 valence electrons. The van der Waals surface area contributed by atoms with Crippen LogP contribution in [0.3, 0.4) is 0 Å². The van der Waals surface area contributed by atoms with Crippen molar-refractivity contribution in [3.8, 4) is 5.75 Å². The van der Waals surface area contributed by atoms with Gasteiger partial charge in [0.15, 0.2) is 5.75 Å². The van der Waals surface area contributed by atoms with E-state index in [1.54, 1.807) is 17.0 Å². The molecule has 2 heterocycles. The molecule has 1 aromatic rings. The van der Waals surface area contributed by atoms with E-state index >= 15 is 0 Å². The molecule has 0 radical (unpaired) electrons. The third-order valence-corrected chi connectivity index (χ3v) is 5.47. The van der Waals surface area contributed by atoms with Gasteiger partial charge in [-0.3, -0.25) is 10.1 Å². The molecule has 1 aromatic carbocycles. The molecule has 0 aromatic heterocycles. The molecule has 0 aliphatic carbocycles. The van der Waals surface area contributed by atoms with Crippen LogP contribution in [-0.4, -0.2) is 53.3 Å². The smallest absolute Gasteiger partial charge is 0.410 e. The molecule has 28 heavy (non-hydrogen) atoms. The first-order valence-electron chi connectivity index (χ1n) is 9.82. The van der Waals surface area contributed by atoms with Crippen molar-refractivity contribution in [2.45, 2.75) is 58.1 Å². The summed E-state index contributed by atoms with van der Waals surface area (Å²) in [4.78, 5) is 27.2. The molecule has 2 fully saturated rings. The van der Waals surface area contributed by atoms with E-state index in [-0.39, 0.29) is 17.3 Å². The van der Waals surface area contributed by atoms with E-state index in [1.807, 2.05) is 27.7 Å². The number of nitrogens with zero attached hydrogens (tertiary/aromatic N) is 3. The van der Waals surface area contributed by atoms with Crippen LogP contribution in [0.2, 0.25) is 0 Å². The normalized spacial score (nSPS) is 18.6. The van der Waals surface area contributed by atoms with Crippen LogP contribution in [0.25, 0.3) is 0 Å². The number of hydrogen-bond donors (Lipinski definition) is 0. The number of benzene rings is 1. The fourth-order valence-electron chi connectivity index (χ4n) is 3.99. The highest BCUT2D eigenvalue weighted by Crippen LogP contribution is 2.45. The Labute approximate surface area is 165 Å². The van der Waals surface area contributed by atoms with Crippen molar-refractivity contribution >= 4 is 17.5 Å². The summed E-state index contributed by atoms with van der Waals surface area (Å²) >= 11 is 0. The molecule has 2 aliphatic heterocycles. The largest absolute Gasteiger partial charge is 0.487 e. The second-order valence-corrected chi connectivity index (χ2v) is 8.44. The van der Waals surface area contributed by atoms with E-state index in [1.165, 1.54) is 6.07 Å². The number of likely N-dealkylation sites (tertiary alicyclic amines) is 1. The first-order chi connectivity index (χ1) is 13.1. The van der Waals surface area contributed by atoms with E-state index in [2.05, 4.69) is 4.90 Å². The zero-order chi connectivity index (χ0) is 20.5. The van der Waals surface area contributed by atoms with Crippen LogP contribution in [0.4, 0.5) is 16.2 Å². The standard InChI is InChI=1S/C20H29N3O5/c1-5-27-17-14-15(6-7-16(17)23(25)26)22-13-10-20(22)8-11-21(12-9-20)18(24)28-19(2,3)4/h6-7,14H,5,8-13H2,1-4H3. The molecule has 1 spiro atoms. The summed E-state index contributed by atoms with van der Waals surface area (Å²) in [5.41, 5.74) is 0.423. The van der Waals surface area contributed by atoms with E-state index in [9.17, 15) is 14.9 Å². The molecule has 8 heteroatoms. The zero-order valence-electron chi connectivity index (χ0n) is 17.1. The number of anilines is 1. The van der Waals surface area contributed by atoms with E-state index in [0.717, 1.165) is 31.5 Å². The van der Waals surface area contributed by atoms with Crippen LogP contribution in [0.1, 0.15) is 47.0 Å². The second-order valence-electron chi connectivity index (χ2n) is 8.44. The van der Waals surface area contributed by atoms with Crippen molar-refractivity contribution in [2.75, 3.05) is 31.1 Å². The van der Waals surface area contributed by atoms with Gasteiger partial charge in [0.05, 0.1) is 11.5 Å². The summed E-state index contributed by atoms with van der Waals surface area (Å²) in [7, 11) is 0. The minimum absolute atomic E-state index is 0.00185. The lowest BCUT2D eigenvalue weighted by molar-refractivity contribution is -0.385. The van der Waals surface area contributed by atoms with Gasteiger partial charge in [-0.1, -0.05) is 0 Å². The molecule has 0 unspecified atom stereocenters. The average Bonchev–Trinajstić information content (AvgIpc) is 2.60. The third-order valence-electron chi connectivity index (χ3n) is 5.47. The summed E-state index contributed by atoms with van der Waals surface area (Å²) in [5, 5.41) is 11.2. The van der Waals surface area contributed by atoms with Crippen molar-refractivity contribution in [1.29, 1.82) is 0 Å². The van der Waals surface area contributed by atoms with Gasteiger partial charge in [0.1, 0.15) is 5.60 Å². The minimum Gasteiger partial charge on any atom is -0.487 e. The van der Waals surface area contributed by atoms with Crippen molar-refractivity contribution in [3.05, 3.63) is 28.3 Å². The second kappa shape index (κ2) is 7.48. The lowest BCUT2D eigenvalue weighted by atomic mass is 9.76. The summed E-state index contributed by atoms with van der Waals surface area (Å²) in [6.45, 7) is 10.00. The Kier molecular flexibility index (Phi) is 5.41. The molecule has 1 amide bonds. The summed E-state index contributed by atoms with van der Waals surface area (Å²) < 4.78 is 11.0. The maximum absolute atomic E-state index is 12.3. The molecule has 8 nitrogen and oxygen atoms in total. The molecule has 0 N–H and O–H groups in total. The Morgan fingerprint density at radius 3 is 2.36 bits per heavy atom. The Morgan fingerprint density at radius 1 is 1.21 bits per heavy atom. The highest BCUT2D eigenvalue weighted by atomic mass is 16.6. The lowest BCUT2D eigenvalue weighted by Gasteiger charge is -2.57. The number of amides is 1. The van der Waals surface area contributed by atoms with Gasteiger partial charge in [0.25, 0.3) is 0 Å².